The average molecular weight is 1390 g/mol. The van der Waals surface area contributed by atoms with E-state index in [9.17, 15) is 0 Å². The van der Waals surface area contributed by atoms with E-state index in [1.165, 1.54) is 33.4 Å². The van der Waals surface area contributed by atoms with Crippen LogP contribution in [-0.2, 0) is 0 Å². The summed E-state index contributed by atoms with van der Waals surface area (Å²) in [6, 6.07) is 128. The molecule has 0 bridgehead atoms. The second-order valence-corrected chi connectivity index (χ2v) is 25.4. The van der Waals surface area contributed by atoms with E-state index in [-0.39, 0.29) is 0 Å². The fraction of sp³-hybridized carbons (Fsp3) is 0. The first-order valence-electron chi connectivity index (χ1n) is 34.4. The van der Waals surface area contributed by atoms with E-state index in [4.69, 9.17) is 11.5 Å². The van der Waals surface area contributed by atoms with Gasteiger partial charge in [0.25, 0.3) is 0 Å². The molecule has 0 amide bonds. The summed E-state index contributed by atoms with van der Waals surface area (Å²) < 4.78 is 1.11. The topological polar surface area (TPSA) is 58.5 Å². The van der Waals surface area contributed by atoms with Gasteiger partial charge in [-0.2, -0.15) is 0 Å². The molecule has 0 spiro atoms. The van der Waals surface area contributed by atoms with E-state index in [2.05, 4.69) is 366 Å². The van der Waals surface area contributed by atoms with E-state index in [0.29, 0.717) is 0 Å². The molecule has 4 nitrogen and oxygen atoms in total. The molecule has 14 aromatic carbocycles. The minimum atomic E-state index is 0.782. The summed E-state index contributed by atoms with van der Waals surface area (Å²) >= 11 is 3.42. The molecule has 0 saturated carbocycles. The van der Waals surface area contributed by atoms with Gasteiger partial charge < -0.3 is 21.3 Å². The van der Waals surface area contributed by atoms with Crippen molar-refractivity contribution in [1.29, 1.82) is 0 Å². The molecule has 0 radical (unpaired) electrons. The molecule has 0 fully saturated rings. The highest BCUT2D eigenvalue weighted by molar-refractivity contribution is 9.10. The van der Waals surface area contributed by atoms with Crippen LogP contribution in [-0.4, -0.2) is 0 Å². The van der Waals surface area contributed by atoms with Crippen molar-refractivity contribution in [3.8, 4) is 0 Å². The molecule has 498 valence electrons. The molecular weight excluding hydrogens is 1310 g/mol. The third kappa shape index (κ3) is 21.7. The van der Waals surface area contributed by atoms with Crippen molar-refractivity contribution in [2.75, 3.05) is 21.3 Å². The van der Waals surface area contributed by atoms with Crippen LogP contribution in [0.15, 0.2) is 375 Å². The molecule has 0 unspecified atom stereocenters. The first kappa shape index (κ1) is 69.8. The normalized spacial score (nSPS) is 11.3. The number of nitrogens with two attached hydrogens (primary N) is 2. The van der Waals surface area contributed by atoms with Crippen LogP contribution < -0.4 is 21.3 Å². The van der Waals surface area contributed by atoms with Crippen molar-refractivity contribution in [2.45, 2.75) is 0 Å². The number of nitrogen functional groups attached to an aromatic ring is 2. The molecule has 0 aliphatic heterocycles. The van der Waals surface area contributed by atoms with Crippen LogP contribution in [0, 0.1) is 0 Å². The van der Waals surface area contributed by atoms with E-state index in [1.807, 2.05) is 115 Å². The Morgan fingerprint density at radius 2 is 0.282 bits per heavy atom. The monoisotopic (exact) mass is 1390 g/mol. The SMILES string of the molecule is Brc1ccc(/C=C/c2ccccc2)cc1.C(=C\c1ccc(N(c2ccc(/C=C/c3ccccc3)cc2)c2ccc(/C=C/c3ccc(N(c4ccc(/C=C/c5ccccc5)cc4)c4ccc(/C=C/c5ccccc5)cc4)cc3)cc2)cc1)/c1ccccc1.Nc1ccc(/C=C/c2ccc(N)cc2)cc1. The summed E-state index contributed by atoms with van der Waals surface area (Å²) in [4.78, 5) is 4.63. The van der Waals surface area contributed by atoms with Crippen LogP contribution in [0.5, 0.6) is 0 Å². The third-order valence-corrected chi connectivity index (χ3v) is 17.5. The zero-order valence-corrected chi connectivity index (χ0v) is 58.8. The van der Waals surface area contributed by atoms with Crippen molar-refractivity contribution in [1.82, 2.24) is 0 Å². The summed E-state index contributed by atoms with van der Waals surface area (Å²) in [5, 5.41) is 0. The Hall–Kier alpha value is -13.1. The van der Waals surface area contributed by atoms with Crippen LogP contribution in [0.2, 0.25) is 0 Å². The molecule has 4 N–H and O–H groups in total. The van der Waals surface area contributed by atoms with Crippen LogP contribution in [0.4, 0.5) is 45.5 Å². The van der Waals surface area contributed by atoms with E-state index >= 15 is 0 Å². The van der Waals surface area contributed by atoms with Gasteiger partial charge in [-0.25, -0.2) is 0 Å². The van der Waals surface area contributed by atoms with Crippen molar-refractivity contribution < 1.29 is 0 Å². The van der Waals surface area contributed by atoms with Crippen molar-refractivity contribution in [3.05, 3.63) is 452 Å². The van der Waals surface area contributed by atoms with Gasteiger partial charge in [-0.3, -0.25) is 0 Å². The Morgan fingerprint density at radius 3 is 0.437 bits per heavy atom. The Bertz CT molecular complexity index is 4620. The van der Waals surface area contributed by atoms with Crippen LogP contribution in [0.3, 0.4) is 0 Å². The Labute approximate surface area is 616 Å². The molecule has 0 aromatic heterocycles. The molecule has 103 heavy (non-hydrogen) atoms. The molecule has 5 heteroatoms. The number of anilines is 8. The second-order valence-electron chi connectivity index (χ2n) is 24.5. The van der Waals surface area contributed by atoms with Crippen molar-refractivity contribution >= 4 is 146 Å². The fourth-order valence-corrected chi connectivity index (χ4v) is 11.5. The van der Waals surface area contributed by atoms with Gasteiger partial charge in [0.15, 0.2) is 0 Å². The largest absolute Gasteiger partial charge is 0.399 e. The molecule has 0 atom stereocenters. The maximum atomic E-state index is 5.61. The minimum absolute atomic E-state index is 0.782. The lowest BCUT2D eigenvalue weighted by Crippen LogP contribution is -2.09. The van der Waals surface area contributed by atoms with Crippen molar-refractivity contribution in [3.63, 3.8) is 0 Å². The summed E-state index contributed by atoms with van der Waals surface area (Å²) in [6.07, 6.45) is 30.0. The lowest BCUT2D eigenvalue weighted by molar-refractivity contribution is 1.28. The van der Waals surface area contributed by atoms with E-state index in [1.54, 1.807) is 0 Å². The van der Waals surface area contributed by atoms with Gasteiger partial charge in [0.05, 0.1) is 0 Å². The number of benzene rings is 14. The Balaban J connectivity index is 0.000000262. The first-order chi connectivity index (χ1) is 50.7. The number of nitrogens with zero attached hydrogens (tertiary/aromatic N) is 2. The molecule has 0 saturated heterocycles. The summed E-state index contributed by atoms with van der Waals surface area (Å²) in [6.45, 7) is 0. The van der Waals surface area contributed by atoms with E-state index in [0.717, 1.165) is 94.5 Å². The maximum absolute atomic E-state index is 5.61. The van der Waals surface area contributed by atoms with Gasteiger partial charge in [-0.05, 0) is 187 Å². The highest BCUT2D eigenvalue weighted by atomic mass is 79.9. The smallest absolute Gasteiger partial charge is 0.0462 e. The molecule has 0 heterocycles. The number of hydrogen-bond acceptors (Lipinski definition) is 4. The van der Waals surface area contributed by atoms with Crippen LogP contribution >= 0.6 is 15.9 Å². The highest BCUT2D eigenvalue weighted by Crippen LogP contribution is 2.38. The van der Waals surface area contributed by atoms with Gasteiger partial charge in [0.1, 0.15) is 0 Å². The summed E-state index contributed by atoms with van der Waals surface area (Å²) in [7, 11) is 0. The fourth-order valence-electron chi connectivity index (χ4n) is 11.3. The number of rotatable bonds is 20. The first-order valence-corrected chi connectivity index (χ1v) is 35.2. The van der Waals surface area contributed by atoms with Crippen molar-refractivity contribution in [2.24, 2.45) is 0 Å². The van der Waals surface area contributed by atoms with Gasteiger partial charge in [0, 0.05) is 50.0 Å². The number of halogens is 1. The molecule has 14 aromatic rings. The molecule has 14 rings (SSSR count). The minimum Gasteiger partial charge on any atom is -0.399 e. The lowest BCUT2D eigenvalue weighted by atomic mass is 10.1. The third-order valence-electron chi connectivity index (χ3n) is 16.9. The maximum Gasteiger partial charge on any atom is 0.0462 e. The lowest BCUT2D eigenvalue weighted by Gasteiger charge is -2.26. The van der Waals surface area contributed by atoms with E-state index < -0.39 is 0 Å². The van der Waals surface area contributed by atoms with Crippen LogP contribution in [0.1, 0.15) is 77.9 Å². The Morgan fingerprint density at radius 1 is 0.155 bits per heavy atom. The molecular formula is C98H79BrN4. The molecule has 0 aliphatic rings. The summed E-state index contributed by atoms with van der Waals surface area (Å²) in [5.74, 6) is 0. The van der Waals surface area contributed by atoms with Crippen LogP contribution in [0.25, 0.3) is 85.1 Å². The predicted molar refractivity (Wildman–Crippen MR) is 453 cm³/mol. The average Bonchev–Trinajstić information content (AvgIpc) is 0.810. The number of hydrogen-bond donors (Lipinski definition) is 2. The van der Waals surface area contributed by atoms with Gasteiger partial charge in [-0.15, -0.1) is 0 Å². The molecule has 0 aliphatic carbocycles. The van der Waals surface area contributed by atoms with Gasteiger partial charge in [0.2, 0.25) is 0 Å². The van der Waals surface area contributed by atoms with Gasteiger partial charge >= 0.3 is 0 Å². The highest BCUT2D eigenvalue weighted by Gasteiger charge is 2.15. The predicted octanol–water partition coefficient (Wildman–Crippen LogP) is 27.1. The standard InChI is InChI=1S/C70H54N2.C14H11Br.C14H14N2/c1-5-13-55(14-6-1)21-25-59-31-43-65(44-32-59)71(66-45-33-60(34-46-66)26-22-56-15-7-2-8-16-56)69-51-39-63(40-52-69)29-30-64-41-53-70(54-42-64)72(67-47-35-61(36-48-67)27-23-57-17-9-3-10-18-57)68-49-37-62(38-50-68)28-24-58-19-11-4-12-20-58;15-14-10-8-13(9-11-14)7-6-12-4-2-1-3-5-12;15-13-7-3-11(4-8-13)1-2-12-5-9-14(16)10-6-12/h1-54H;1-11H;1-10H,15-16H2/b25-21+,26-22+,27-23+,28-24+,30-29+;7-6+;2-1+. The Kier molecular flexibility index (Phi) is 24.9. The zero-order valence-electron chi connectivity index (χ0n) is 57.2. The quantitative estimate of drug-likeness (QED) is 0.0590. The van der Waals surface area contributed by atoms with Gasteiger partial charge in [-0.1, -0.05) is 362 Å². The zero-order chi connectivity index (χ0) is 70.5. The summed E-state index contributed by atoms with van der Waals surface area (Å²) in [5.41, 5.74) is 35.5. The second kappa shape index (κ2) is 36.7.